The number of sulfonamides is 1. The Kier molecular flexibility index (Phi) is 8.48. The highest BCUT2D eigenvalue weighted by atomic mass is 35.5. The second kappa shape index (κ2) is 11.7. The molecule has 1 amide bonds. The third-order valence-electron chi connectivity index (χ3n) is 8.42. The number of carbonyl (C=O) groups excluding carboxylic acids is 1. The van der Waals surface area contributed by atoms with E-state index in [1.54, 1.807) is 15.3 Å². The van der Waals surface area contributed by atoms with Crippen molar-refractivity contribution < 1.29 is 13.2 Å². The average molecular weight is 601 g/mol. The van der Waals surface area contributed by atoms with Gasteiger partial charge in [0.15, 0.2) is 0 Å². The van der Waals surface area contributed by atoms with Gasteiger partial charge in [-0.2, -0.15) is 0 Å². The van der Waals surface area contributed by atoms with Gasteiger partial charge in [-0.25, -0.2) is 8.42 Å². The van der Waals surface area contributed by atoms with E-state index < -0.39 is 10.0 Å². The molecule has 9 heteroatoms. The van der Waals surface area contributed by atoms with Gasteiger partial charge in [0.1, 0.15) is 0 Å². The Morgan fingerprint density at radius 2 is 1.65 bits per heavy atom. The van der Waals surface area contributed by atoms with Crippen LogP contribution in [0, 0.1) is 0 Å². The zero-order chi connectivity index (χ0) is 28.5. The maximum Gasteiger partial charge on any atom is 0.232 e. The largest absolute Gasteiger partial charge is 0.341 e. The Hall–Kier alpha value is -2.58. The molecule has 1 saturated heterocycles. The lowest BCUT2D eigenvalue weighted by Crippen LogP contribution is -2.46. The number of carbonyl (C=O) groups is 1. The van der Waals surface area contributed by atoms with Crippen molar-refractivity contribution in [2.24, 2.45) is 0 Å². The summed E-state index contributed by atoms with van der Waals surface area (Å²) in [4.78, 5) is 17.9. The summed E-state index contributed by atoms with van der Waals surface area (Å²) in [5.41, 5.74) is 3.70. The zero-order valence-corrected chi connectivity index (χ0v) is 25.2. The number of piperidine rings is 1. The van der Waals surface area contributed by atoms with E-state index in [9.17, 15) is 13.2 Å². The number of amides is 1. The summed E-state index contributed by atoms with van der Waals surface area (Å²) in [5.74, 6) is -0.309. The number of fused-ring (bicyclic) bond motifs is 2. The van der Waals surface area contributed by atoms with Crippen LogP contribution in [-0.4, -0.2) is 63.6 Å². The lowest BCUT2D eigenvalue weighted by molar-refractivity contribution is -0.132. The fourth-order valence-corrected chi connectivity index (χ4v) is 7.49. The van der Waals surface area contributed by atoms with E-state index in [0.717, 1.165) is 54.9 Å². The Morgan fingerprint density at radius 3 is 2.33 bits per heavy atom. The van der Waals surface area contributed by atoms with E-state index in [4.69, 9.17) is 23.2 Å². The lowest BCUT2D eigenvalue weighted by atomic mass is 9.74. The average Bonchev–Trinajstić information content (AvgIpc) is 3.27. The van der Waals surface area contributed by atoms with Crippen molar-refractivity contribution in [2.75, 3.05) is 43.8 Å². The highest BCUT2D eigenvalue weighted by molar-refractivity contribution is 7.92. The van der Waals surface area contributed by atoms with Gasteiger partial charge in [0.05, 0.1) is 27.9 Å². The molecular formula is C31H35Cl2N3O3S. The molecule has 3 aromatic carbocycles. The van der Waals surface area contributed by atoms with E-state index >= 15 is 0 Å². The van der Waals surface area contributed by atoms with E-state index in [1.165, 1.54) is 6.26 Å². The van der Waals surface area contributed by atoms with Crippen LogP contribution in [-0.2, 0) is 26.8 Å². The van der Waals surface area contributed by atoms with Crippen LogP contribution in [0.3, 0.4) is 0 Å². The number of anilines is 1. The molecule has 5 rings (SSSR count). The van der Waals surface area contributed by atoms with Crippen molar-refractivity contribution in [3.05, 3.63) is 99.5 Å². The Bertz CT molecular complexity index is 1470. The molecule has 1 unspecified atom stereocenters. The summed E-state index contributed by atoms with van der Waals surface area (Å²) in [6.45, 7) is 3.46. The molecule has 0 aromatic heterocycles. The van der Waals surface area contributed by atoms with Crippen LogP contribution in [0.2, 0.25) is 10.0 Å². The SMILES string of the molecule is CN(Cc1ccccc1)C(=O)C(CCN1CCC2(CC1)CN(S(C)(=O)=O)c1ccccc12)c1ccc(Cl)c(Cl)c1. The molecule has 1 spiro atoms. The van der Waals surface area contributed by atoms with Gasteiger partial charge in [-0.15, -0.1) is 0 Å². The minimum Gasteiger partial charge on any atom is -0.341 e. The van der Waals surface area contributed by atoms with Crippen LogP contribution >= 0.6 is 23.2 Å². The van der Waals surface area contributed by atoms with Crippen LogP contribution in [0.5, 0.6) is 0 Å². The number of rotatable bonds is 8. The summed E-state index contributed by atoms with van der Waals surface area (Å²) in [6, 6.07) is 23.3. The molecule has 2 aliphatic rings. The molecule has 40 heavy (non-hydrogen) atoms. The first kappa shape index (κ1) is 28.9. The summed E-state index contributed by atoms with van der Waals surface area (Å²) in [7, 11) is -1.50. The molecular weight excluding hydrogens is 565 g/mol. The predicted molar refractivity (Wildman–Crippen MR) is 163 cm³/mol. The number of hydrogen-bond donors (Lipinski definition) is 0. The van der Waals surface area contributed by atoms with Gasteiger partial charge in [-0.1, -0.05) is 77.8 Å². The molecule has 0 bridgehead atoms. The van der Waals surface area contributed by atoms with Crippen molar-refractivity contribution in [3.8, 4) is 0 Å². The number of halogens is 2. The molecule has 2 heterocycles. The first-order valence-electron chi connectivity index (χ1n) is 13.6. The standard InChI is InChI=1S/C31H35Cl2N3O3S/c1-34(21-23-8-4-3-5-9-23)30(37)25(24-12-13-27(32)28(33)20-24)14-17-35-18-15-31(16-19-35)22-36(40(2,38)39)29-11-7-6-10-26(29)31/h3-13,20,25H,14-19,21-22H2,1-2H3. The van der Waals surface area contributed by atoms with Crippen LogP contribution in [0.1, 0.15) is 41.9 Å². The Morgan fingerprint density at radius 1 is 0.975 bits per heavy atom. The topological polar surface area (TPSA) is 60.9 Å². The van der Waals surface area contributed by atoms with Crippen LogP contribution in [0.4, 0.5) is 5.69 Å². The second-order valence-corrected chi connectivity index (χ2v) is 13.8. The predicted octanol–water partition coefficient (Wildman–Crippen LogP) is 5.94. The van der Waals surface area contributed by atoms with E-state index in [0.29, 0.717) is 29.6 Å². The summed E-state index contributed by atoms with van der Waals surface area (Å²) >= 11 is 12.6. The smallest absolute Gasteiger partial charge is 0.232 e. The molecule has 3 aromatic rings. The minimum absolute atomic E-state index is 0.0456. The van der Waals surface area contributed by atoms with Gasteiger partial charge in [-0.3, -0.25) is 9.10 Å². The number of benzene rings is 3. The number of hydrogen-bond acceptors (Lipinski definition) is 4. The minimum atomic E-state index is -3.35. The van der Waals surface area contributed by atoms with Crippen molar-refractivity contribution >= 4 is 44.8 Å². The van der Waals surface area contributed by atoms with Crippen molar-refractivity contribution in [1.29, 1.82) is 0 Å². The van der Waals surface area contributed by atoms with Gasteiger partial charge in [0.2, 0.25) is 15.9 Å². The van der Waals surface area contributed by atoms with Crippen molar-refractivity contribution in [3.63, 3.8) is 0 Å². The molecule has 6 nitrogen and oxygen atoms in total. The summed E-state index contributed by atoms with van der Waals surface area (Å²) < 4.78 is 26.6. The molecule has 0 aliphatic carbocycles. The van der Waals surface area contributed by atoms with E-state index in [-0.39, 0.29) is 17.2 Å². The monoisotopic (exact) mass is 599 g/mol. The van der Waals surface area contributed by atoms with E-state index in [1.807, 2.05) is 67.7 Å². The molecule has 0 N–H and O–H groups in total. The quantitative estimate of drug-likeness (QED) is 0.321. The summed E-state index contributed by atoms with van der Waals surface area (Å²) in [5, 5.41) is 0.911. The lowest BCUT2D eigenvalue weighted by Gasteiger charge is -2.40. The van der Waals surface area contributed by atoms with Crippen LogP contribution in [0.25, 0.3) is 0 Å². The van der Waals surface area contributed by atoms with Crippen LogP contribution in [0.15, 0.2) is 72.8 Å². The molecule has 0 radical (unpaired) electrons. The summed E-state index contributed by atoms with van der Waals surface area (Å²) in [6.07, 6.45) is 3.67. The fraction of sp³-hybridized carbons (Fsp3) is 0.387. The molecule has 212 valence electrons. The van der Waals surface area contributed by atoms with Gasteiger partial charge in [-0.05, 0) is 73.8 Å². The van der Waals surface area contributed by atoms with Gasteiger partial charge < -0.3 is 9.80 Å². The molecule has 0 saturated carbocycles. The molecule has 1 atom stereocenters. The second-order valence-electron chi connectivity index (χ2n) is 11.1. The normalized spacial score (nSPS) is 17.6. The zero-order valence-electron chi connectivity index (χ0n) is 22.9. The fourth-order valence-electron chi connectivity index (χ4n) is 6.19. The first-order chi connectivity index (χ1) is 19.1. The highest BCUT2D eigenvalue weighted by Gasteiger charge is 2.46. The highest BCUT2D eigenvalue weighted by Crippen LogP contribution is 2.47. The van der Waals surface area contributed by atoms with Gasteiger partial charge >= 0.3 is 0 Å². The first-order valence-corrected chi connectivity index (χ1v) is 16.2. The Labute approximate surface area is 247 Å². The number of likely N-dealkylation sites (tertiary alicyclic amines) is 1. The number of nitrogens with zero attached hydrogens (tertiary/aromatic N) is 3. The van der Waals surface area contributed by atoms with Crippen molar-refractivity contribution in [1.82, 2.24) is 9.80 Å². The van der Waals surface area contributed by atoms with E-state index in [2.05, 4.69) is 11.0 Å². The van der Waals surface area contributed by atoms with Crippen LogP contribution < -0.4 is 4.31 Å². The Balaban J connectivity index is 1.29. The number of para-hydroxylation sites is 1. The molecule has 1 fully saturated rings. The van der Waals surface area contributed by atoms with Gasteiger partial charge in [0.25, 0.3) is 0 Å². The third-order valence-corrected chi connectivity index (χ3v) is 10.3. The van der Waals surface area contributed by atoms with Gasteiger partial charge in [0, 0.05) is 25.6 Å². The van der Waals surface area contributed by atoms with Crippen molar-refractivity contribution in [2.45, 2.75) is 37.1 Å². The maximum atomic E-state index is 13.8. The third kappa shape index (κ3) is 6.03. The number of likely N-dealkylation sites (N-methyl/N-ethyl adjacent to an activating group) is 1. The maximum absolute atomic E-state index is 13.8. The molecule has 2 aliphatic heterocycles.